The fourth-order valence-corrected chi connectivity index (χ4v) is 3.57. The van der Waals surface area contributed by atoms with Gasteiger partial charge in [0.2, 0.25) is 0 Å². The zero-order valence-corrected chi connectivity index (χ0v) is 12.2. The second kappa shape index (κ2) is 7.46. The van der Waals surface area contributed by atoms with Crippen LogP contribution in [0, 0.1) is 5.92 Å². The molecule has 0 bridgehead atoms. The predicted molar refractivity (Wildman–Crippen MR) is 75.9 cm³/mol. The molecule has 18 heavy (non-hydrogen) atoms. The second-order valence-electron chi connectivity index (χ2n) is 6.00. The normalized spacial score (nSPS) is 28.0. The molecule has 0 unspecified atom stereocenters. The van der Waals surface area contributed by atoms with Crippen molar-refractivity contribution in [3.63, 3.8) is 0 Å². The van der Waals surface area contributed by atoms with Gasteiger partial charge >= 0.3 is 0 Å². The molecule has 0 aromatic rings. The largest absolute Gasteiger partial charge is 0.383 e. The van der Waals surface area contributed by atoms with Gasteiger partial charge in [0.15, 0.2) is 0 Å². The van der Waals surface area contributed by atoms with E-state index in [0.717, 1.165) is 25.1 Å². The number of piperazine rings is 1. The van der Waals surface area contributed by atoms with Gasteiger partial charge in [0.05, 0.1) is 6.61 Å². The fourth-order valence-electron chi connectivity index (χ4n) is 3.57. The van der Waals surface area contributed by atoms with Crippen LogP contribution in [-0.4, -0.2) is 62.3 Å². The monoisotopic (exact) mass is 254 g/mol. The molecule has 1 atom stereocenters. The summed E-state index contributed by atoms with van der Waals surface area (Å²) < 4.78 is 5.22. The van der Waals surface area contributed by atoms with Crippen LogP contribution in [0.25, 0.3) is 0 Å². The lowest BCUT2D eigenvalue weighted by Crippen LogP contribution is -2.54. The van der Waals surface area contributed by atoms with Gasteiger partial charge < -0.3 is 9.64 Å². The van der Waals surface area contributed by atoms with Crippen molar-refractivity contribution in [2.75, 3.05) is 46.4 Å². The van der Waals surface area contributed by atoms with Gasteiger partial charge in [-0.2, -0.15) is 0 Å². The molecule has 0 amide bonds. The number of hydrogen-bond donors (Lipinski definition) is 0. The van der Waals surface area contributed by atoms with Crippen LogP contribution in [0.15, 0.2) is 0 Å². The number of rotatable bonds is 6. The van der Waals surface area contributed by atoms with Gasteiger partial charge in [0.1, 0.15) is 0 Å². The Morgan fingerprint density at radius 3 is 2.61 bits per heavy atom. The van der Waals surface area contributed by atoms with Gasteiger partial charge in [-0.25, -0.2) is 0 Å². The molecule has 106 valence electrons. The van der Waals surface area contributed by atoms with Crippen molar-refractivity contribution in [1.82, 2.24) is 9.80 Å². The Morgan fingerprint density at radius 1 is 1.17 bits per heavy atom. The molecule has 3 heteroatoms. The van der Waals surface area contributed by atoms with E-state index < -0.39 is 0 Å². The molecule has 2 rings (SSSR count). The third-order valence-corrected chi connectivity index (χ3v) is 4.73. The average Bonchev–Trinajstić information content (AvgIpc) is 2.90. The van der Waals surface area contributed by atoms with Crippen molar-refractivity contribution in [3.8, 4) is 0 Å². The third kappa shape index (κ3) is 3.94. The van der Waals surface area contributed by atoms with Crippen LogP contribution in [0.2, 0.25) is 0 Å². The van der Waals surface area contributed by atoms with E-state index in [-0.39, 0.29) is 0 Å². The van der Waals surface area contributed by atoms with Gasteiger partial charge in [-0.3, -0.25) is 4.90 Å². The Hall–Kier alpha value is -0.120. The number of nitrogens with zero attached hydrogens (tertiary/aromatic N) is 2. The Labute approximate surface area is 112 Å². The first-order valence-electron chi connectivity index (χ1n) is 7.78. The summed E-state index contributed by atoms with van der Waals surface area (Å²) in [7, 11) is 1.80. The predicted octanol–water partition coefficient (Wildman–Crippen LogP) is 2.22. The molecule has 0 spiro atoms. The van der Waals surface area contributed by atoms with Crippen molar-refractivity contribution < 1.29 is 4.74 Å². The summed E-state index contributed by atoms with van der Waals surface area (Å²) in [5.74, 6) is 0.994. The van der Waals surface area contributed by atoms with Gasteiger partial charge in [-0.15, -0.1) is 0 Å². The van der Waals surface area contributed by atoms with E-state index in [1.165, 1.54) is 58.3 Å². The van der Waals surface area contributed by atoms with Crippen LogP contribution in [0.1, 0.15) is 39.0 Å². The van der Waals surface area contributed by atoms with Gasteiger partial charge in [0, 0.05) is 45.9 Å². The lowest BCUT2D eigenvalue weighted by Gasteiger charge is -2.42. The number of hydrogen-bond acceptors (Lipinski definition) is 3. The van der Waals surface area contributed by atoms with Crippen molar-refractivity contribution >= 4 is 0 Å². The van der Waals surface area contributed by atoms with E-state index in [9.17, 15) is 0 Å². The van der Waals surface area contributed by atoms with Gasteiger partial charge in [-0.1, -0.05) is 19.8 Å². The maximum atomic E-state index is 5.22. The maximum absolute atomic E-state index is 5.22. The van der Waals surface area contributed by atoms with Gasteiger partial charge in [0.25, 0.3) is 0 Å². The zero-order chi connectivity index (χ0) is 12.8. The minimum absolute atomic E-state index is 0.746. The molecule has 0 radical (unpaired) electrons. The molecular formula is C15H30N2O. The molecule has 1 aliphatic carbocycles. The van der Waals surface area contributed by atoms with Crippen molar-refractivity contribution in [1.29, 1.82) is 0 Å². The number of methoxy groups -OCH3 is 1. The van der Waals surface area contributed by atoms with Crippen LogP contribution in [0.4, 0.5) is 0 Å². The number of ether oxygens (including phenoxy) is 1. The van der Waals surface area contributed by atoms with Crippen LogP contribution in [0.3, 0.4) is 0 Å². The minimum Gasteiger partial charge on any atom is -0.383 e. The molecule has 2 aliphatic rings. The van der Waals surface area contributed by atoms with Crippen LogP contribution < -0.4 is 0 Å². The molecule has 2 fully saturated rings. The molecule has 0 aromatic heterocycles. The summed E-state index contributed by atoms with van der Waals surface area (Å²) >= 11 is 0. The van der Waals surface area contributed by atoms with E-state index in [0.29, 0.717) is 0 Å². The van der Waals surface area contributed by atoms with Crippen molar-refractivity contribution in [2.45, 2.75) is 45.1 Å². The van der Waals surface area contributed by atoms with E-state index >= 15 is 0 Å². The van der Waals surface area contributed by atoms with E-state index in [1.807, 2.05) is 0 Å². The van der Waals surface area contributed by atoms with Crippen LogP contribution in [0.5, 0.6) is 0 Å². The molecule has 3 nitrogen and oxygen atoms in total. The van der Waals surface area contributed by atoms with E-state index in [1.54, 1.807) is 7.11 Å². The second-order valence-corrected chi connectivity index (χ2v) is 6.00. The van der Waals surface area contributed by atoms with Gasteiger partial charge in [-0.05, 0) is 25.2 Å². The standard InChI is InChI=1S/C15H30N2O/c1-3-15-13-16(12-14-6-4-5-7-14)8-9-17(15)10-11-18-2/h14-15H,3-13H2,1-2H3/t15-/m1/s1. The first kappa shape index (κ1) is 14.3. The first-order chi connectivity index (χ1) is 8.83. The quantitative estimate of drug-likeness (QED) is 0.723. The summed E-state index contributed by atoms with van der Waals surface area (Å²) in [5, 5.41) is 0. The summed E-state index contributed by atoms with van der Waals surface area (Å²) in [6, 6.07) is 0.746. The average molecular weight is 254 g/mol. The SMILES string of the molecule is CC[C@@H]1CN(CC2CCCC2)CCN1CCOC. The first-order valence-corrected chi connectivity index (χ1v) is 7.78. The zero-order valence-electron chi connectivity index (χ0n) is 12.2. The smallest absolute Gasteiger partial charge is 0.0589 e. The van der Waals surface area contributed by atoms with Crippen LogP contribution in [-0.2, 0) is 4.74 Å². The Kier molecular flexibility index (Phi) is 5.93. The Balaban J connectivity index is 1.76. The molecule has 1 saturated carbocycles. The van der Waals surface area contributed by atoms with Crippen molar-refractivity contribution in [3.05, 3.63) is 0 Å². The topological polar surface area (TPSA) is 15.7 Å². The van der Waals surface area contributed by atoms with E-state index in [4.69, 9.17) is 4.74 Å². The molecule has 1 saturated heterocycles. The highest BCUT2D eigenvalue weighted by Crippen LogP contribution is 2.26. The maximum Gasteiger partial charge on any atom is 0.0589 e. The Morgan fingerprint density at radius 2 is 1.94 bits per heavy atom. The molecule has 0 aromatic carbocycles. The Bertz CT molecular complexity index is 229. The van der Waals surface area contributed by atoms with E-state index in [2.05, 4.69) is 16.7 Å². The molecule has 0 N–H and O–H groups in total. The minimum atomic E-state index is 0.746. The summed E-state index contributed by atoms with van der Waals surface area (Å²) in [5.41, 5.74) is 0. The van der Waals surface area contributed by atoms with Crippen LogP contribution >= 0.6 is 0 Å². The highest BCUT2D eigenvalue weighted by atomic mass is 16.5. The highest BCUT2D eigenvalue weighted by molar-refractivity contribution is 4.83. The molecule has 1 aliphatic heterocycles. The molecule has 1 heterocycles. The summed E-state index contributed by atoms with van der Waals surface area (Å²) in [6.07, 6.45) is 7.15. The summed E-state index contributed by atoms with van der Waals surface area (Å²) in [4.78, 5) is 5.34. The lowest BCUT2D eigenvalue weighted by molar-refractivity contribution is 0.0435. The third-order valence-electron chi connectivity index (χ3n) is 4.73. The summed E-state index contributed by atoms with van der Waals surface area (Å²) in [6.45, 7) is 9.42. The molecular weight excluding hydrogens is 224 g/mol. The van der Waals surface area contributed by atoms with Crippen molar-refractivity contribution in [2.24, 2.45) is 5.92 Å². The fraction of sp³-hybridized carbons (Fsp3) is 1.00. The highest BCUT2D eigenvalue weighted by Gasteiger charge is 2.27. The lowest BCUT2D eigenvalue weighted by atomic mass is 10.0.